The van der Waals surface area contributed by atoms with E-state index in [2.05, 4.69) is 11.1 Å². The largest absolute Gasteiger partial charge is 0.456 e. The molecule has 1 aliphatic carbocycles. The zero-order valence-corrected chi connectivity index (χ0v) is 13.5. The van der Waals surface area contributed by atoms with E-state index in [-0.39, 0.29) is 5.91 Å². The number of nitriles is 1. The number of piperazine rings is 1. The standard InChI is InChI=1S/C17H18N4O3/c1-11-2-5-14(23-11)16(22)20-6-8-21(9-7-20)17-13(10-18)19-15(24-17)12-3-4-12/h2,5,12H,3-4,6-9H2,1H3. The summed E-state index contributed by atoms with van der Waals surface area (Å²) >= 11 is 0. The van der Waals surface area contributed by atoms with Gasteiger partial charge in [-0.3, -0.25) is 4.79 Å². The lowest BCUT2D eigenvalue weighted by molar-refractivity contribution is 0.0712. The fourth-order valence-electron chi connectivity index (χ4n) is 2.94. The lowest BCUT2D eigenvalue weighted by Crippen LogP contribution is -2.48. The Balaban J connectivity index is 1.44. The summed E-state index contributed by atoms with van der Waals surface area (Å²) in [4.78, 5) is 20.5. The van der Waals surface area contributed by atoms with Gasteiger partial charge >= 0.3 is 0 Å². The first-order chi connectivity index (χ1) is 11.7. The predicted molar refractivity (Wildman–Crippen MR) is 84.8 cm³/mol. The van der Waals surface area contributed by atoms with Gasteiger partial charge in [-0.05, 0) is 31.9 Å². The molecule has 4 rings (SSSR count). The van der Waals surface area contributed by atoms with Crippen LogP contribution in [0.2, 0.25) is 0 Å². The van der Waals surface area contributed by atoms with Crippen molar-refractivity contribution in [3.8, 4) is 6.07 Å². The van der Waals surface area contributed by atoms with Crippen LogP contribution in [0.25, 0.3) is 0 Å². The molecule has 1 amide bonds. The van der Waals surface area contributed by atoms with Crippen LogP contribution in [0.5, 0.6) is 0 Å². The van der Waals surface area contributed by atoms with Crippen LogP contribution in [0.4, 0.5) is 5.88 Å². The van der Waals surface area contributed by atoms with E-state index < -0.39 is 0 Å². The quantitative estimate of drug-likeness (QED) is 0.860. The Morgan fingerprint density at radius 1 is 1.25 bits per heavy atom. The van der Waals surface area contributed by atoms with Gasteiger partial charge in [0.25, 0.3) is 5.91 Å². The number of rotatable bonds is 3. The van der Waals surface area contributed by atoms with E-state index in [4.69, 9.17) is 8.83 Å². The minimum atomic E-state index is -0.0977. The molecule has 3 heterocycles. The minimum Gasteiger partial charge on any atom is -0.456 e. The van der Waals surface area contributed by atoms with Crippen LogP contribution in [-0.4, -0.2) is 42.0 Å². The van der Waals surface area contributed by atoms with Gasteiger partial charge in [0, 0.05) is 32.1 Å². The van der Waals surface area contributed by atoms with E-state index in [1.165, 1.54) is 0 Å². The molecule has 0 unspecified atom stereocenters. The number of nitrogens with zero attached hydrogens (tertiary/aromatic N) is 4. The smallest absolute Gasteiger partial charge is 0.289 e. The second kappa shape index (κ2) is 5.71. The van der Waals surface area contributed by atoms with Crippen molar-refractivity contribution in [3.63, 3.8) is 0 Å². The number of carbonyl (C=O) groups is 1. The van der Waals surface area contributed by atoms with Crippen LogP contribution in [0.1, 0.15) is 46.7 Å². The molecule has 1 aliphatic heterocycles. The van der Waals surface area contributed by atoms with Crippen LogP contribution in [0.15, 0.2) is 21.0 Å². The zero-order valence-electron chi connectivity index (χ0n) is 13.5. The molecule has 124 valence electrons. The monoisotopic (exact) mass is 326 g/mol. The van der Waals surface area contributed by atoms with Crippen molar-refractivity contribution in [1.82, 2.24) is 9.88 Å². The molecule has 0 bridgehead atoms. The third kappa shape index (κ3) is 2.64. The molecule has 0 radical (unpaired) electrons. The minimum absolute atomic E-state index is 0.0977. The summed E-state index contributed by atoms with van der Waals surface area (Å²) in [5, 5.41) is 9.28. The summed E-state index contributed by atoms with van der Waals surface area (Å²) in [6, 6.07) is 5.61. The van der Waals surface area contributed by atoms with Crippen LogP contribution in [-0.2, 0) is 0 Å². The summed E-state index contributed by atoms with van der Waals surface area (Å²) < 4.78 is 11.2. The molecule has 2 aromatic heterocycles. The first-order valence-electron chi connectivity index (χ1n) is 8.17. The van der Waals surface area contributed by atoms with Gasteiger partial charge in [-0.15, -0.1) is 0 Å². The highest BCUT2D eigenvalue weighted by Gasteiger charge is 2.33. The number of aryl methyl sites for hydroxylation is 1. The average Bonchev–Trinajstić information content (AvgIpc) is 3.22. The Kier molecular flexibility index (Phi) is 3.53. The summed E-state index contributed by atoms with van der Waals surface area (Å²) in [6.07, 6.45) is 2.16. The summed E-state index contributed by atoms with van der Waals surface area (Å²) in [5.74, 6) is 2.58. The highest BCUT2D eigenvalue weighted by atomic mass is 16.4. The van der Waals surface area contributed by atoms with Gasteiger partial charge in [0.1, 0.15) is 11.8 Å². The number of furan rings is 1. The topological polar surface area (TPSA) is 86.5 Å². The van der Waals surface area contributed by atoms with E-state index in [9.17, 15) is 10.1 Å². The molecule has 24 heavy (non-hydrogen) atoms. The van der Waals surface area contributed by atoms with Crippen LogP contribution < -0.4 is 4.90 Å². The van der Waals surface area contributed by atoms with Crippen LogP contribution in [0, 0.1) is 18.3 Å². The van der Waals surface area contributed by atoms with E-state index in [0.29, 0.717) is 55.3 Å². The predicted octanol–water partition coefficient (Wildman–Crippen LogP) is 2.29. The van der Waals surface area contributed by atoms with Gasteiger partial charge in [0.15, 0.2) is 5.76 Å². The molecule has 0 aromatic carbocycles. The van der Waals surface area contributed by atoms with E-state index >= 15 is 0 Å². The molecule has 2 fully saturated rings. The summed E-state index contributed by atoms with van der Waals surface area (Å²) in [6.45, 7) is 4.16. The van der Waals surface area contributed by atoms with Crippen LogP contribution in [0.3, 0.4) is 0 Å². The van der Waals surface area contributed by atoms with Crippen molar-refractivity contribution >= 4 is 11.8 Å². The van der Waals surface area contributed by atoms with Gasteiger partial charge in [-0.2, -0.15) is 5.26 Å². The van der Waals surface area contributed by atoms with Crippen molar-refractivity contribution in [2.24, 2.45) is 0 Å². The Morgan fingerprint density at radius 3 is 2.58 bits per heavy atom. The molecule has 1 saturated carbocycles. The molecule has 1 saturated heterocycles. The molecular weight excluding hydrogens is 308 g/mol. The second-order valence-electron chi connectivity index (χ2n) is 6.28. The highest BCUT2D eigenvalue weighted by molar-refractivity contribution is 5.91. The number of aromatic nitrogens is 1. The SMILES string of the molecule is Cc1ccc(C(=O)N2CCN(c3oc(C4CC4)nc3C#N)CC2)o1. The molecule has 7 heteroatoms. The van der Waals surface area contributed by atoms with Gasteiger partial charge in [0.2, 0.25) is 17.5 Å². The van der Waals surface area contributed by atoms with Crippen molar-refractivity contribution in [2.75, 3.05) is 31.1 Å². The maximum Gasteiger partial charge on any atom is 0.289 e. The van der Waals surface area contributed by atoms with E-state index in [1.54, 1.807) is 17.0 Å². The van der Waals surface area contributed by atoms with Crippen molar-refractivity contribution < 1.29 is 13.6 Å². The molecule has 2 aliphatic rings. The second-order valence-corrected chi connectivity index (χ2v) is 6.28. The fraction of sp³-hybridized carbons (Fsp3) is 0.471. The molecule has 0 spiro atoms. The number of hydrogen-bond acceptors (Lipinski definition) is 6. The summed E-state index contributed by atoms with van der Waals surface area (Å²) in [5.41, 5.74) is 0.346. The molecule has 0 atom stereocenters. The van der Waals surface area contributed by atoms with Gasteiger partial charge < -0.3 is 18.6 Å². The van der Waals surface area contributed by atoms with Crippen molar-refractivity contribution in [2.45, 2.75) is 25.7 Å². The maximum atomic E-state index is 12.4. The Hall–Kier alpha value is -2.75. The van der Waals surface area contributed by atoms with E-state index in [0.717, 1.165) is 18.6 Å². The Labute approximate surface area is 139 Å². The van der Waals surface area contributed by atoms with Crippen LogP contribution >= 0.6 is 0 Å². The van der Waals surface area contributed by atoms with E-state index in [1.807, 2.05) is 11.8 Å². The lowest BCUT2D eigenvalue weighted by atomic mass is 10.2. The normalized spacial score (nSPS) is 17.8. The van der Waals surface area contributed by atoms with Crippen molar-refractivity contribution in [3.05, 3.63) is 35.2 Å². The molecular formula is C17H18N4O3. The summed E-state index contributed by atoms with van der Waals surface area (Å²) in [7, 11) is 0. The van der Waals surface area contributed by atoms with Gasteiger partial charge in [-0.1, -0.05) is 0 Å². The average molecular weight is 326 g/mol. The highest BCUT2D eigenvalue weighted by Crippen LogP contribution is 2.41. The van der Waals surface area contributed by atoms with Gasteiger partial charge in [0.05, 0.1) is 0 Å². The lowest BCUT2D eigenvalue weighted by Gasteiger charge is -2.34. The molecule has 0 N–H and O–H groups in total. The fourth-order valence-corrected chi connectivity index (χ4v) is 2.94. The number of anilines is 1. The van der Waals surface area contributed by atoms with Gasteiger partial charge in [-0.25, -0.2) is 4.98 Å². The molecule has 7 nitrogen and oxygen atoms in total. The maximum absolute atomic E-state index is 12.4. The van der Waals surface area contributed by atoms with Crippen molar-refractivity contribution in [1.29, 1.82) is 5.26 Å². The molecule has 2 aromatic rings. The number of oxazole rings is 1. The first-order valence-corrected chi connectivity index (χ1v) is 8.17. The number of carbonyl (C=O) groups excluding carboxylic acids is 1. The number of amides is 1. The Morgan fingerprint density at radius 2 is 2.00 bits per heavy atom. The third-order valence-electron chi connectivity index (χ3n) is 4.46. The first kappa shape index (κ1) is 14.8. The number of hydrogen-bond donors (Lipinski definition) is 0. The Bertz CT molecular complexity index is 804. The third-order valence-corrected chi connectivity index (χ3v) is 4.46. The zero-order chi connectivity index (χ0) is 16.7.